The van der Waals surface area contributed by atoms with Crippen molar-refractivity contribution in [2.45, 2.75) is 19.6 Å². The number of nitrogens with one attached hydrogen (secondary N) is 1. The first kappa shape index (κ1) is 8.14. The van der Waals surface area contributed by atoms with Gasteiger partial charge >= 0.3 is 0 Å². The van der Waals surface area contributed by atoms with E-state index >= 15 is 0 Å². The van der Waals surface area contributed by atoms with E-state index in [-0.39, 0.29) is 0 Å². The van der Waals surface area contributed by atoms with Crippen LogP contribution in [0.1, 0.15) is 0 Å². The predicted octanol–water partition coefficient (Wildman–Crippen LogP) is 1.01. The number of hydrogen-bond donors (Lipinski definition) is 1. The summed E-state index contributed by atoms with van der Waals surface area (Å²) in [7, 11) is 0.648. The number of hydrogen-bond acceptors (Lipinski definition) is 2. The normalized spacial score (nSPS) is 12.0. The fourth-order valence-electron chi connectivity index (χ4n) is 0.289. The zero-order chi connectivity index (χ0) is 6.62. The van der Waals surface area contributed by atoms with Gasteiger partial charge in [-0.3, -0.25) is 5.32 Å². The van der Waals surface area contributed by atoms with Crippen LogP contribution in [-0.2, 0) is 4.43 Å². The van der Waals surface area contributed by atoms with Crippen LogP contribution in [0, 0.1) is 0 Å². The van der Waals surface area contributed by atoms with E-state index in [1.807, 2.05) is 7.05 Å². The molecule has 0 radical (unpaired) electrons. The lowest BCUT2D eigenvalue weighted by atomic mass is 11.2. The highest BCUT2D eigenvalue weighted by atomic mass is 28.4. The molecule has 0 aliphatic heterocycles. The van der Waals surface area contributed by atoms with Gasteiger partial charge in [-0.2, -0.15) is 0 Å². The van der Waals surface area contributed by atoms with E-state index in [9.17, 15) is 0 Å². The molecule has 0 heterocycles. The van der Waals surface area contributed by atoms with Gasteiger partial charge in [0.25, 0.3) is 0 Å². The fourth-order valence-corrected chi connectivity index (χ4v) is 0.866. The third-order valence-corrected chi connectivity index (χ3v) is 1.66. The smallest absolute Gasteiger partial charge is 0.185 e. The molecule has 0 rings (SSSR count). The Labute approximate surface area is 52.4 Å². The maximum atomic E-state index is 5.41. The van der Waals surface area contributed by atoms with Gasteiger partial charge in [0.15, 0.2) is 8.32 Å². The summed E-state index contributed by atoms with van der Waals surface area (Å²) >= 11 is 0. The minimum Gasteiger partial charge on any atom is -0.405 e. The molecule has 2 nitrogen and oxygen atoms in total. The maximum Gasteiger partial charge on any atom is 0.185 e. The molecule has 0 aliphatic carbocycles. The largest absolute Gasteiger partial charge is 0.405 e. The quantitative estimate of drug-likeness (QED) is 0.458. The molecule has 0 fully saturated rings. The van der Waals surface area contributed by atoms with Crippen LogP contribution in [0.5, 0.6) is 0 Å². The van der Waals surface area contributed by atoms with E-state index in [0.717, 1.165) is 0 Å². The molecule has 0 spiro atoms. The molecule has 8 heavy (non-hydrogen) atoms. The minimum atomic E-state index is -1.24. The first-order valence-electron chi connectivity index (χ1n) is 2.85. The van der Waals surface area contributed by atoms with Crippen molar-refractivity contribution in [2.24, 2.45) is 0 Å². The van der Waals surface area contributed by atoms with E-state index in [4.69, 9.17) is 4.43 Å². The SMILES string of the molecule is CNCO[Si](C)(C)C. The van der Waals surface area contributed by atoms with Crippen molar-refractivity contribution in [1.29, 1.82) is 0 Å². The van der Waals surface area contributed by atoms with Crippen molar-refractivity contribution < 1.29 is 4.43 Å². The van der Waals surface area contributed by atoms with Gasteiger partial charge in [-0.1, -0.05) is 0 Å². The maximum absolute atomic E-state index is 5.41. The van der Waals surface area contributed by atoms with E-state index in [1.165, 1.54) is 0 Å². The van der Waals surface area contributed by atoms with Crippen molar-refractivity contribution in [3.8, 4) is 0 Å². The van der Waals surface area contributed by atoms with Gasteiger partial charge in [0, 0.05) is 0 Å². The van der Waals surface area contributed by atoms with Gasteiger partial charge in [-0.15, -0.1) is 0 Å². The van der Waals surface area contributed by atoms with Gasteiger partial charge in [0.1, 0.15) is 0 Å². The molecule has 0 atom stereocenters. The molecule has 1 N–H and O–H groups in total. The Morgan fingerprint density at radius 3 is 2.00 bits per heavy atom. The van der Waals surface area contributed by atoms with Gasteiger partial charge < -0.3 is 4.43 Å². The first-order chi connectivity index (χ1) is 3.56. The molecule has 0 aromatic heterocycles. The summed E-state index contributed by atoms with van der Waals surface area (Å²) in [5, 5.41) is 2.94. The average Bonchev–Trinajstić information content (AvgIpc) is 1.59. The number of rotatable bonds is 3. The minimum absolute atomic E-state index is 0.690. The monoisotopic (exact) mass is 133 g/mol. The molecular weight excluding hydrogens is 118 g/mol. The lowest BCUT2D eigenvalue weighted by molar-refractivity contribution is 0.289. The van der Waals surface area contributed by atoms with Crippen LogP contribution in [0.3, 0.4) is 0 Å². The first-order valence-corrected chi connectivity index (χ1v) is 6.25. The van der Waals surface area contributed by atoms with Crippen molar-refractivity contribution >= 4 is 8.32 Å². The summed E-state index contributed by atoms with van der Waals surface area (Å²) in [6, 6.07) is 0. The second-order valence-corrected chi connectivity index (χ2v) is 7.27. The fraction of sp³-hybridized carbons (Fsp3) is 1.00. The third kappa shape index (κ3) is 6.14. The Balaban J connectivity index is 3.11. The highest BCUT2D eigenvalue weighted by Gasteiger charge is 2.12. The summed E-state index contributed by atoms with van der Waals surface area (Å²) in [6.45, 7) is 7.20. The second kappa shape index (κ2) is 3.22. The van der Waals surface area contributed by atoms with Crippen molar-refractivity contribution in [3.63, 3.8) is 0 Å². The Morgan fingerprint density at radius 1 is 1.38 bits per heavy atom. The molecule has 0 saturated heterocycles. The summed E-state index contributed by atoms with van der Waals surface area (Å²) in [6.07, 6.45) is 0. The van der Waals surface area contributed by atoms with Crippen LogP contribution < -0.4 is 5.32 Å². The Bertz CT molecular complexity index is 59.9. The van der Waals surface area contributed by atoms with Crippen molar-refractivity contribution in [3.05, 3.63) is 0 Å². The van der Waals surface area contributed by atoms with Gasteiger partial charge in [-0.05, 0) is 26.7 Å². The van der Waals surface area contributed by atoms with Crippen LogP contribution >= 0.6 is 0 Å². The molecule has 0 bridgehead atoms. The van der Waals surface area contributed by atoms with Gasteiger partial charge in [-0.25, -0.2) is 0 Å². The van der Waals surface area contributed by atoms with Crippen LogP contribution in [0.25, 0.3) is 0 Å². The Morgan fingerprint density at radius 2 is 1.88 bits per heavy atom. The zero-order valence-electron chi connectivity index (χ0n) is 6.12. The highest BCUT2D eigenvalue weighted by molar-refractivity contribution is 6.69. The van der Waals surface area contributed by atoms with Crippen LogP contribution in [-0.4, -0.2) is 22.1 Å². The highest BCUT2D eigenvalue weighted by Crippen LogP contribution is 1.99. The lowest BCUT2D eigenvalue weighted by Crippen LogP contribution is -2.29. The molecular formula is C5H15NOSi. The van der Waals surface area contributed by atoms with Crippen LogP contribution in [0.15, 0.2) is 0 Å². The molecule has 0 amide bonds. The van der Waals surface area contributed by atoms with Crippen LogP contribution in [0.4, 0.5) is 0 Å². The lowest BCUT2D eigenvalue weighted by Gasteiger charge is -2.15. The summed E-state index contributed by atoms with van der Waals surface area (Å²) in [5.41, 5.74) is 0. The van der Waals surface area contributed by atoms with Crippen molar-refractivity contribution in [2.75, 3.05) is 13.8 Å². The van der Waals surface area contributed by atoms with Crippen molar-refractivity contribution in [1.82, 2.24) is 5.32 Å². The zero-order valence-corrected chi connectivity index (χ0v) is 7.12. The molecule has 50 valence electrons. The summed E-state index contributed by atoms with van der Waals surface area (Å²) < 4.78 is 5.41. The van der Waals surface area contributed by atoms with Gasteiger partial charge in [0.05, 0.1) is 6.73 Å². The van der Waals surface area contributed by atoms with Crippen LogP contribution in [0.2, 0.25) is 19.6 Å². The predicted molar refractivity (Wildman–Crippen MR) is 38.4 cm³/mol. The summed E-state index contributed by atoms with van der Waals surface area (Å²) in [4.78, 5) is 0. The molecule has 3 heteroatoms. The molecule has 0 saturated carbocycles. The average molecular weight is 133 g/mol. The molecule has 0 aromatic rings. The molecule has 0 aliphatic rings. The van der Waals surface area contributed by atoms with E-state index < -0.39 is 8.32 Å². The second-order valence-electron chi connectivity index (χ2n) is 2.75. The Kier molecular flexibility index (Phi) is 3.27. The molecule has 0 unspecified atom stereocenters. The van der Waals surface area contributed by atoms with E-state index in [0.29, 0.717) is 6.73 Å². The molecule has 0 aromatic carbocycles. The van der Waals surface area contributed by atoms with Gasteiger partial charge in [0.2, 0.25) is 0 Å². The van der Waals surface area contributed by atoms with E-state index in [1.54, 1.807) is 0 Å². The Hall–Kier alpha value is 0.137. The standard InChI is InChI=1S/C5H15NOSi/c1-6-5-7-8(2,3)4/h6H,5H2,1-4H3. The topological polar surface area (TPSA) is 21.3 Å². The van der Waals surface area contributed by atoms with E-state index in [2.05, 4.69) is 25.0 Å². The summed E-state index contributed by atoms with van der Waals surface area (Å²) in [5.74, 6) is 0. The third-order valence-electron chi connectivity index (χ3n) is 0.650.